The molecule has 7 heteroatoms. The number of nitrogens with one attached hydrogen (secondary N) is 1. The number of ether oxygens (including phenoxy) is 2. The SMILES string of the molecule is COC(=O)CCc1csc(Nc2ncccc2OCc2ccccc2)n1. The van der Waals surface area contributed by atoms with Gasteiger partial charge in [-0.1, -0.05) is 30.3 Å². The number of rotatable bonds is 8. The molecule has 3 aromatic rings. The number of pyridine rings is 1. The molecule has 1 aromatic carbocycles. The third-order valence-electron chi connectivity index (χ3n) is 3.60. The zero-order chi connectivity index (χ0) is 18.2. The van der Waals surface area contributed by atoms with E-state index in [0.29, 0.717) is 36.1 Å². The fourth-order valence-electron chi connectivity index (χ4n) is 2.25. The Morgan fingerprint density at radius 1 is 1.19 bits per heavy atom. The molecule has 1 N–H and O–H groups in total. The average molecular weight is 369 g/mol. The number of aryl methyl sites for hydroxylation is 1. The number of carbonyl (C=O) groups excluding carboxylic acids is 1. The molecule has 0 unspecified atom stereocenters. The summed E-state index contributed by atoms with van der Waals surface area (Å²) in [4.78, 5) is 20.0. The predicted octanol–water partition coefficient (Wildman–Crippen LogP) is 3.97. The van der Waals surface area contributed by atoms with Crippen LogP contribution in [0, 0.1) is 0 Å². The van der Waals surface area contributed by atoms with Crippen LogP contribution >= 0.6 is 11.3 Å². The number of methoxy groups -OCH3 is 1. The number of carbonyl (C=O) groups is 1. The summed E-state index contributed by atoms with van der Waals surface area (Å²) in [6, 6.07) is 13.6. The third-order valence-corrected chi connectivity index (χ3v) is 4.40. The minimum Gasteiger partial charge on any atom is -0.485 e. The molecule has 134 valence electrons. The molecule has 0 radical (unpaired) electrons. The topological polar surface area (TPSA) is 73.3 Å². The molecule has 0 bridgehead atoms. The molecule has 26 heavy (non-hydrogen) atoms. The summed E-state index contributed by atoms with van der Waals surface area (Å²) in [5.41, 5.74) is 1.92. The normalized spacial score (nSPS) is 10.3. The predicted molar refractivity (Wildman–Crippen MR) is 101 cm³/mol. The second kappa shape index (κ2) is 8.96. The highest BCUT2D eigenvalue weighted by atomic mass is 32.1. The average Bonchev–Trinajstić information content (AvgIpc) is 3.13. The third kappa shape index (κ3) is 5.03. The Morgan fingerprint density at radius 3 is 2.85 bits per heavy atom. The molecule has 0 aliphatic carbocycles. The van der Waals surface area contributed by atoms with E-state index in [1.54, 1.807) is 6.20 Å². The van der Waals surface area contributed by atoms with Crippen molar-refractivity contribution >= 4 is 28.3 Å². The first-order valence-electron chi connectivity index (χ1n) is 8.14. The van der Waals surface area contributed by atoms with Gasteiger partial charge in [-0.2, -0.15) is 0 Å². The van der Waals surface area contributed by atoms with Gasteiger partial charge in [0, 0.05) is 18.0 Å². The molecular formula is C19H19N3O3S. The summed E-state index contributed by atoms with van der Waals surface area (Å²) >= 11 is 1.46. The highest BCUT2D eigenvalue weighted by Crippen LogP contribution is 2.27. The summed E-state index contributed by atoms with van der Waals surface area (Å²) in [5, 5.41) is 5.80. The lowest BCUT2D eigenvalue weighted by molar-refractivity contribution is -0.140. The molecule has 0 atom stereocenters. The molecule has 0 amide bonds. The maximum absolute atomic E-state index is 11.2. The van der Waals surface area contributed by atoms with Gasteiger partial charge >= 0.3 is 5.97 Å². The Labute approximate surface area is 155 Å². The van der Waals surface area contributed by atoms with E-state index in [-0.39, 0.29) is 5.97 Å². The minimum absolute atomic E-state index is 0.242. The fourth-order valence-corrected chi connectivity index (χ4v) is 2.99. The van der Waals surface area contributed by atoms with E-state index in [2.05, 4.69) is 20.0 Å². The standard InChI is InChI=1S/C19H19N3O3S/c1-24-17(23)10-9-15-13-26-19(21-15)22-18-16(8-5-11-20-18)25-12-14-6-3-2-4-7-14/h2-8,11,13H,9-10,12H2,1H3,(H,20,21,22). The Kier molecular flexibility index (Phi) is 6.16. The molecule has 0 aliphatic rings. The Morgan fingerprint density at radius 2 is 2.04 bits per heavy atom. The first-order chi connectivity index (χ1) is 12.7. The Hall–Kier alpha value is -2.93. The van der Waals surface area contributed by atoms with E-state index in [9.17, 15) is 4.79 Å². The van der Waals surface area contributed by atoms with Crippen molar-refractivity contribution in [3.8, 4) is 5.75 Å². The molecule has 6 nitrogen and oxygen atoms in total. The smallest absolute Gasteiger partial charge is 0.305 e. The zero-order valence-electron chi connectivity index (χ0n) is 14.3. The molecule has 0 aliphatic heterocycles. The number of benzene rings is 1. The lowest BCUT2D eigenvalue weighted by Gasteiger charge is -2.10. The van der Waals surface area contributed by atoms with Gasteiger partial charge in [-0.25, -0.2) is 9.97 Å². The van der Waals surface area contributed by atoms with Gasteiger partial charge in [-0.3, -0.25) is 4.79 Å². The first-order valence-corrected chi connectivity index (χ1v) is 9.02. The van der Waals surface area contributed by atoms with Crippen LogP contribution < -0.4 is 10.1 Å². The van der Waals surface area contributed by atoms with Crippen molar-refractivity contribution in [3.63, 3.8) is 0 Å². The Balaban J connectivity index is 1.63. The van der Waals surface area contributed by atoms with Crippen molar-refractivity contribution in [2.24, 2.45) is 0 Å². The van der Waals surface area contributed by atoms with E-state index in [0.717, 1.165) is 11.3 Å². The molecule has 0 saturated carbocycles. The van der Waals surface area contributed by atoms with Crippen LogP contribution in [-0.2, 0) is 22.6 Å². The van der Waals surface area contributed by atoms with Gasteiger partial charge < -0.3 is 14.8 Å². The number of hydrogen-bond acceptors (Lipinski definition) is 7. The van der Waals surface area contributed by atoms with Gasteiger partial charge in [-0.05, 0) is 17.7 Å². The number of hydrogen-bond donors (Lipinski definition) is 1. The second-order valence-corrected chi connectivity index (χ2v) is 6.33. The maximum Gasteiger partial charge on any atom is 0.305 e. The first kappa shape index (κ1) is 17.9. The van der Waals surface area contributed by atoms with Gasteiger partial charge in [0.05, 0.1) is 19.2 Å². The lowest BCUT2D eigenvalue weighted by atomic mass is 10.2. The van der Waals surface area contributed by atoms with Crippen LogP contribution in [0.5, 0.6) is 5.75 Å². The number of nitrogens with zero attached hydrogens (tertiary/aromatic N) is 2. The monoisotopic (exact) mass is 369 g/mol. The maximum atomic E-state index is 11.2. The Bertz CT molecular complexity index is 852. The molecule has 0 spiro atoms. The van der Waals surface area contributed by atoms with Crippen LogP contribution in [-0.4, -0.2) is 23.0 Å². The summed E-state index contributed by atoms with van der Waals surface area (Å²) in [6.07, 6.45) is 2.56. The van der Waals surface area contributed by atoms with Crippen LogP contribution in [0.25, 0.3) is 0 Å². The van der Waals surface area contributed by atoms with Gasteiger partial charge in [0.25, 0.3) is 0 Å². The number of esters is 1. The van der Waals surface area contributed by atoms with E-state index >= 15 is 0 Å². The number of aromatic nitrogens is 2. The fraction of sp³-hybridized carbons (Fsp3) is 0.211. The van der Waals surface area contributed by atoms with Crippen LogP contribution in [0.1, 0.15) is 17.7 Å². The molecule has 0 saturated heterocycles. The second-order valence-electron chi connectivity index (χ2n) is 5.47. The van der Waals surface area contributed by atoms with Crippen molar-refractivity contribution in [1.82, 2.24) is 9.97 Å². The zero-order valence-corrected chi connectivity index (χ0v) is 15.2. The number of anilines is 2. The van der Waals surface area contributed by atoms with Gasteiger partial charge in [0.2, 0.25) is 0 Å². The van der Waals surface area contributed by atoms with Gasteiger partial charge in [0.1, 0.15) is 6.61 Å². The molecule has 2 heterocycles. The summed E-state index contributed by atoms with van der Waals surface area (Å²) in [7, 11) is 1.38. The van der Waals surface area contributed by atoms with Crippen molar-refractivity contribution < 1.29 is 14.3 Å². The molecule has 3 rings (SSSR count). The summed E-state index contributed by atoms with van der Waals surface area (Å²) in [6.45, 7) is 0.462. The summed E-state index contributed by atoms with van der Waals surface area (Å²) < 4.78 is 10.5. The van der Waals surface area contributed by atoms with Crippen LogP contribution in [0.3, 0.4) is 0 Å². The van der Waals surface area contributed by atoms with E-state index in [1.165, 1.54) is 18.4 Å². The van der Waals surface area contributed by atoms with Crippen molar-refractivity contribution in [1.29, 1.82) is 0 Å². The van der Waals surface area contributed by atoms with Crippen LogP contribution in [0.4, 0.5) is 10.9 Å². The van der Waals surface area contributed by atoms with Gasteiger partial charge in [-0.15, -0.1) is 11.3 Å². The van der Waals surface area contributed by atoms with Crippen LogP contribution in [0.15, 0.2) is 54.0 Å². The molecule has 2 aromatic heterocycles. The highest BCUT2D eigenvalue weighted by Gasteiger charge is 2.10. The van der Waals surface area contributed by atoms with E-state index < -0.39 is 0 Å². The van der Waals surface area contributed by atoms with Crippen molar-refractivity contribution in [2.75, 3.05) is 12.4 Å². The highest BCUT2D eigenvalue weighted by molar-refractivity contribution is 7.13. The largest absolute Gasteiger partial charge is 0.485 e. The minimum atomic E-state index is -0.242. The summed E-state index contributed by atoms with van der Waals surface area (Å²) in [5.74, 6) is 1.02. The molecule has 0 fully saturated rings. The van der Waals surface area contributed by atoms with Crippen molar-refractivity contribution in [3.05, 3.63) is 65.3 Å². The van der Waals surface area contributed by atoms with E-state index in [4.69, 9.17) is 4.74 Å². The molecular weight excluding hydrogens is 350 g/mol. The lowest BCUT2D eigenvalue weighted by Crippen LogP contribution is -2.02. The van der Waals surface area contributed by atoms with Crippen molar-refractivity contribution in [2.45, 2.75) is 19.4 Å². The van der Waals surface area contributed by atoms with E-state index in [1.807, 2.05) is 47.8 Å². The quantitative estimate of drug-likeness (QED) is 0.606. The van der Waals surface area contributed by atoms with Crippen LogP contribution in [0.2, 0.25) is 0 Å². The van der Waals surface area contributed by atoms with Gasteiger partial charge in [0.15, 0.2) is 16.7 Å². The number of thiazole rings is 1.